The standard InChI is InChI=1S/C19H24N4O/c1-15-6-4-5-7-17(15)19(24)23-12-10-22(11-13-23)16-8-9-20-18(14-16)21(2)3/h4-9,14H,10-13H2,1-3H3. The van der Waals surface area contributed by atoms with Crippen molar-refractivity contribution in [3.8, 4) is 0 Å². The number of carbonyl (C=O) groups is 1. The predicted octanol–water partition coefficient (Wildman–Crippen LogP) is 2.42. The van der Waals surface area contributed by atoms with Gasteiger partial charge in [0.05, 0.1) is 0 Å². The fraction of sp³-hybridized carbons (Fsp3) is 0.368. The van der Waals surface area contributed by atoms with Crippen LogP contribution in [0, 0.1) is 6.92 Å². The minimum Gasteiger partial charge on any atom is -0.368 e. The van der Waals surface area contributed by atoms with Gasteiger partial charge in [0.1, 0.15) is 5.82 Å². The van der Waals surface area contributed by atoms with Crippen LogP contribution in [0.5, 0.6) is 0 Å². The molecule has 0 N–H and O–H groups in total. The zero-order valence-electron chi connectivity index (χ0n) is 14.6. The van der Waals surface area contributed by atoms with Gasteiger partial charge in [-0.05, 0) is 24.6 Å². The van der Waals surface area contributed by atoms with Crippen LogP contribution in [0.25, 0.3) is 0 Å². The van der Waals surface area contributed by atoms with Crippen LogP contribution < -0.4 is 9.80 Å². The zero-order chi connectivity index (χ0) is 17.1. The Morgan fingerprint density at radius 2 is 1.79 bits per heavy atom. The molecule has 2 aromatic rings. The number of pyridine rings is 1. The molecule has 24 heavy (non-hydrogen) atoms. The number of nitrogens with zero attached hydrogens (tertiary/aromatic N) is 4. The first kappa shape index (κ1) is 16.3. The van der Waals surface area contributed by atoms with Gasteiger partial charge in [0, 0.05) is 63.8 Å². The van der Waals surface area contributed by atoms with E-state index in [2.05, 4.69) is 16.0 Å². The first-order valence-corrected chi connectivity index (χ1v) is 8.29. The van der Waals surface area contributed by atoms with Crippen molar-refractivity contribution in [1.29, 1.82) is 0 Å². The van der Waals surface area contributed by atoms with E-state index < -0.39 is 0 Å². The summed E-state index contributed by atoms with van der Waals surface area (Å²) in [6.45, 7) is 5.16. The maximum absolute atomic E-state index is 12.7. The molecule has 0 atom stereocenters. The smallest absolute Gasteiger partial charge is 0.254 e. The Hall–Kier alpha value is -2.56. The van der Waals surface area contributed by atoms with Gasteiger partial charge in [-0.15, -0.1) is 0 Å². The fourth-order valence-electron chi connectivity index (χ4n) is 3.00. The summed E-state index contributed by atoms with van der Waals surface area (Å²) in [7, 11) is 3.98. The molecule has 126 valence electrons. The second kappa shape index (κ2) is 6.91. The molecule has 0 saturated carbocycles. The van der Waals surface area contributed by atoms with E-state index >= 15 is 0 Å². The van der Waals surface area contributed by atoms with Crippen molar-refractivity contribution in [1.82, 2.24) is 9.88 Å². The van der Waals surface area contributed by atoms with Crippen LogP contribution in [0.2, 0.25) is 0 Å². The number of benzene rings is 1. The van der Waals surface area contributed by atoms with E-state index in [9.17, 15) is 4.79 Å². The highest BCUT2D eigenvalue weighted by atomic mass is 16.2. The Morgan fingerprint density at radius 3 is 2.46 bits per heavy atom. The molecule has 1 aromatic carbocycles. The summed E-state index contributed by atoms with van der Waals surface area (Å²) in [5.41, 5.74) is 3.01. The third kappa shape index (κ3) is 3.35. The molecule has 5 nitrogen and oxygen atoms in total. The molecule has 1 aliphatic rings. The van der Waals surface area contributed by atoms with Crippen LogP contribution >= 0.6 is 0 Å². The average molecular weight is 324 g/mol. The maximum Gasteiger partial charge on any atom is 0.254 e. The number of rotatable bonds is 3. The molecule has 0 unspecified atom stereocenters. The van der Waals surface area contributed by atoms with Crippen molar-refractivity contribution in [2.75, 3.05) is 50.1 Å². The molecule has 0 spiro atoms. The van der Waals surface area contributed by atoms with Gasteiger partial charge in [0.2, 0.25) is 0 Å². The van der Waals surface area contributed by atoms with Crippen molar-refractivity contribution < 1.29 is 4.79 Å². The first-order valence-electron chi connectivity index (χ1n) is 8.29. The van der Waals surface area contributed by atoms with Crippen molar-refractivity contribution in [3.63, 3.8) is 0 Å². The first-order chi connectivity index (χ1) is 11.6. The van der Waals surface area contributed by atoms with Gasteiger partial charge in [-0.2, -0.15) is 0 Å². The molecular formula is C19H24N4O. The Morgan fingerprint density at radius 1 is 1.08 bits per heavy atom. The molecule has 1 aliphatic heterocycles. The average Bonchev–Trinajstić information content (AvgIpc) is 2.62. The Kier molecular flexibility index (Phi) is 4.69. The van der Waals surface area contributed by atoms with Crippen LogP contribution in [0.3, 0.4) is 0 Å². The van der Waals surface area contributed by atoms with E-state index in [0.717, 1.165) is 48.8 Å². The maximum atomic E-state index is 12.7. The highest BCUT2D eigenvalue weighted by Gasteiger charge is 2.23. The number of amides is 1. The van der Waals surface area contributed by atoms with Crippen molar-refractivity contribution >= 4 is 17.4 Å². The second-order valence-corrected chi connectivity index (χ2v) is 6.36. The zero-order valence-corrected chi connectivity index (χ0v) is 14.6. The molecule has 1 aromatic heterocycles. The number of hydrogen-bond donors (Lipinski definition) is 0. The number of aromatic nitrogens is 1. The molecule has 2 heterocycles. The van der Waals surface area contributed by atoms with Crippen LogP contribution in [0.1, 0.15) is 15.9 Å². The van der Waals surface area contributed by atoms with Gasteiger partial charge < -0.3 is 14.7 Å². The van der Waals surface area contributed by atoms with Gasteiger partial charge in [-0.3, -0.25) is 4.79 Å². The summed E-state index contributed by atoms with van der Waals surface area (Å²) in [5, 5.41) is 0. The van der Waals surface area contributed by atoms with Crippen LogP contribution in [-0.4, -0.2) is 56.1 Å². The lowest BCUT2D eigenvalue weighted by molar-refractivity contribution is 0.0746. The molecular weight excluding hydrogens is 300 g/mol. The van der Waals surface area contributed by atoms with E-state index in [-0.39, 0.29) is 5.91 Å². The predicted molar refractivity (Wildman–Crippen MR) is 97.9 cm³/mol. The highest BCUT2D eigenvalue weighted by molar-refractivity contribution is 5.95. The molecule has 0 aliphatic carbocycles. The topological polar surface area (TPSA) is 39.7 Å². The monoisotopic (exact) mass is 324 g/mol. The Bertz CT molecular complexity index is 721. The van der Waals surface area contributed by atoms with Gasteiger partial charge in [-0.25, -0.2) is 4.98 Å². The van der Waals surface area contributed by atoms with Crippen LogP contribution in [0.4, 0.5) is 11.5 Å². The minimum absolute atomic E-state index is 0.136. The molecule has 0 radical (unpaired) electrons. The second-order valence-electron chi connectivity index (χ2n) is 6.36. The fourth-order valence-corrected chi connectivity index (χ4v) is 3.00. The molecule has 1 fully saturated rings. The normalized spacial score (nSPS) is 14.6. The van der Waals surface area contributed by atoms with E-state index in [1.54, 1.807) is 0 Å². The summed E-state index contributed by atoms with van der Waals surface area (Å²) < 4.78 is 0. The number of aryl methyl sites for hydroxylation is 1. The summed E-state index contributed by atoms with van der Waals surface area (Å²) in [4.78, 5) is 23.3. The van der Waals surface area contributed by atoms with Crippen molar-refractivity contribution in [3.05, 3.63) is 53.7 Å². The Balaban J connectivity index is 1.67. The van der Waals surface area contributed by atoms with Gasteiger partial charge in [-0.1, -0.05) is 18.2 Å². The lowest BCUT2D eigenvalue weighted by Crippen LogP contribution is -2.49. The van der Waals surface area contributed by atoms with Crippen LogP contribution in [-0.2, 0) is 0 Å². The number of piperazine rings is 1. The lowest BCUT2D eigenvalue weighted by Gasteiger charge is -2.36. The van der Waals surface area contributed by atoms with E-state index in [4.69, 9.17) is 0 Å². The third-order valence-corrected chi connectivity index (χ3v) is 4.49. The summed E-state index contributed by atoms with van der Waals surface area (Å²) in [5.74, 6) is 1.09. The minimum atomic E-state index is 0.136. The van der Waals surface area contributed by atoms with Crippen molar-refractivity contribution in [2.45, 2.75) is 6.92 Å². The van der Waals surface area contributed by atoms with Gasteiger partial charge in [0.25, 0.3) is 5.91 Å². The number of carbonyl (C=O) groups excluding carboxylic acids is 1. The van der Waals surface area contributed by atoms with Crippen LogP contribution in [0.15, 0.2) is 42.6 Å². The van der Waals surface area contributed by atoms with E-state index in [1.165, 1.54) is 0 Å². The largest absolute Gasteiger partial charge is 0.368 e. The van der Waals surface area contributed by atoms with Crippen molar-refractivity contribution in [2.24, 2.45) is 0 Å². The summed E-state index contributed by atoms with van der Waals surface area (Å²) in [6, 6.07) is 11.9. The number of anilines is 2. The van der Waals surface area contributed by atoms with E-state index in [0.29, 0.717) is 0 Å². The molecule has 0 bridgehead atoms. The van der Waals surface area contributed by atoms with E-state index in [1.807, 2.05) is 67.3 Å². The molecule has 1 amide bonds. The lowest BCUT2D eigenvalue weighted by atomic mass is 10.1. The SMILES string of the molecule is Cc1ccccc1C(=O)N1CCN(c2ccnc(N(C)C)c2)CC1. The molecule has 5 heteroatoms. The number of hydrogen-bond acceptors (Lipinski definition) is 4. The summed E-state index contributed by atoms with van der Waals surface area (Å²) >= 11 is 0. The van der Waals surface area contributed by atoms with Gasteiger partial charge >= 0.3 is 0 Å². The molecule has 3 rings (SSSR count). The quantitative estimate of drug-likeness (QED) is 0.869. The third-order valence-electron chi connectivity index (χ3n) is 4.49. The summed E-state index contributed by atoms with van der Waals surface area (Å²) in [6.07, 6.45) is 1.84. The molecule has 1 saturated heterocycles. The Labute approximate surface area is 143 Å². The van der Waals surface area contributed by atoms with Gasteiger partial charge in [0.15, 0.2) is 0 Å². The highest BCUT2D eigenvalue weighted by Crippen LogP contribution is 2.21.